The Morgan fingerprint density at radius 2 is 1.96 bits per heavy atom. The minimum absolute atomic E-state index is 0.0633. The Morgan fingerprint density at radius 3 is 2.70 bits per heavy atom. The lowest BCUT2D eigenvalue weighted by Gasteiger charge is -2.33. The zero-order valence-electron chi connectivity index (χ0n) is 16.1. The molecule has 3 rings (SSSR count). The van der Waals surface area contributed by atoms with Crippen molar-refractivity contribution in [2.75, 3.05) is 50.4 Å². The smallest absolute Gasteiger partial charge is 0.251 e. The first-order valence-electron chi connectivity index (χ1n) is 9.53. The summed E-state index contributed by atoms with van der Waals surface area (Å²) in [5.41, 5.74) is 8.20. The summed E-state index contributed by atoms with van der Waals surface area (Å²) in [4.78, 5) is 25.7. The molecule has 0 spiro atoms. The van der Waals surface area contributed by atoms with Crippen LogP contribution in [0.1, 0.15) is 30.1 Å². The van der Waals surface area contributed by atoms with Gasteiger partial charge in [0.25, 0.3) is 5.91 Å². The quantitative estimate of drug-likeness (QED) is 0.759. The molecular weight excluding hydrogens is 340 g/mol. The van der Waals surface area contributed by atoms with Gasteiger partial charge in [-0.3, -0.25) is 4.79 Å². The van der Waals surface area contributed by atoms with E-state index in [0.29, 0.717) is 12.1 Å². The van der Waals surface area contributed by atoms with Crippen LogP contribution in [-0.2, 0) is 0 Å². The zero-order valence-corrected chi connectivity index (χ0v) is 16.1. The van der Waals surface area contributed by atoms with Gasteiger partial charge in [-0.25, -0.2) is 4.98 Å². The summed E-state index contributed by atoms with van der Waals surface area (Å²) in [6.07, 6.45) is 2.03. The number of hydrogen-bond acceptors (Lipinski definition) is 6. The number of piperazine rings is 1. The second-order valence-corrected chi connectivity index (χ2v) is 6.95. The minimum atomic E-state index is -0.0633. The van der Waals surface area contributed by atoms with Gasteiger partial charge in [0.15, 0.2) is 0 Å². The molecule has 1 aliphatic rings. The molecular formula is C20H28N6O. The van der Waals surface area contributed by atoms with Crippen LogP contribution in [0.25, 0.3) is 11.3 Å². The van der Waals surface area contributed by atoms with Crippen molar-refractivity contribution < 1.29 is 4.79 Å². The van der Waals surface area contributed by atoms with Gasteiger partial charge in [-0.1, -0.05) is 25.5 Å². The van der Waals surface area contributed by atoms with Crippen LogP contribution in [0.5, 0.6) is 0 Å². The van der Waals surface area contributed by atoms with Gasteiger partial charge in [0.1, 0.15) is 5.82 Å². The van der Waals surface area contributed by atoms with Crippen LogP contribution in [0, 0.1) is 0 Å². The molecule has 0 aliphatic carbocycles. The molecule has 0 radical (unpaired) electrons. The fourth-order valence-corrected chi connectivity index (χ4v) is 3.10. The molecule has 1 aromatic carbocycles. The average Bonchev–Trinajstić information content (AvgIpc) is 2.68. The molecule has 1 aromatic heterocycles. The number of unbranched alkanes of at least 4 members (excludes halogenated alkanes) is 1. The van der Waals surface area contributed by atoms with Crippen LogP contribution in [-0.4, -0.2) is 60.5 Å². The average molecular weight is 368 g/mol. The van der Waals surface area contributed by atoms with Crippen LogP contribution in [0.15, 0.2) is 30.3 Å². The molecule has 1 amide bonds. The van der Waals surface area contributed by atoms with Crippen LogP contribution in [0.2, 0.25) is 0 Å². The van der Waals surface area contributed by atoms with Gasteiger partial charge in [0.2, 0.25) is 5.95 Å². The number of amides is 1. The van der Waals surface area contributed by atoms with E-state index in [1.165, 1.54) is 0 Å². The summed E-state index contributed by atoms with van der Waals surface area (Å²) in [6.45, 7) is 6.59. The molecule has 1 fully saturated rings. The number of carbonyl (C=O) groups is 1. The lowest BCUT2D eigenvalue weighted by molar-refractivity contribution is 0.0953. The van der Waals surface area contributed by atoms with Crippen molar-refractivity contribution in [3.63, 3.8) is 0 Å². The fraction of sp³-hybridized carbons (Fsp3) is 0.450. The van der Waals surface area contributed by atoms with E-state index in [4.69, 9.17) is 5.73 Å². The summed E-state index contributed by atoms with van der Waals surface area (Å²) in [5, 5.41) is 2.95. The van der Waals surface area contributed by atoms with E-state index in [1.54, 1.807) is 0 Å². The first-order valence-corrected chi connectivity index (χ1v) is 9.53. The molecule has 144 valence electrons. The van der Waals surface area contributed by atoms with Crippen molar-refractivity contribution in [2.45, 2.75) is 19.8 Å². The number of nitrogen functional groups attached to an aromatic ring is 1. The van der Waals surface area contributed by atoms with E-state index in [-0.39, 0.29) is 11.9 Å². The second kappa shape index (κ2) is 8.81. The first-order chi connectivity index (χ1) is 13.1. The number of hydrogen-bond donors (Lipinski definition) is 2. The van der Waals surface area contributed by atoms with Gasteiger partial charge in [-0.2, -0.15) is 4.98 Å². The van der Waals surface area contributed by atoms with Crippen molar-refractivity contribution >= 4 is 17.7 Å². The Balaban J connectivity index is 1.81. The Hall–Kier alpha value is -2.67. The van der Waals surface area contributed by atoms with Gasteiger partial charge in [-0.05, 0) is 25.6 Å². The molecule has 0 atom stereocenters. The number of nitrogens with two attached hydrogens (primary N) is 1. The normalized spacial score (nSPS) is 15.0. The fourth-order valence-electron chi connectivity index (χ4n) is 3.10. The molecule has 7 nitrogen and oxygen atoms in total. The Morgan fingerprint density at radius 1 is 1.19 bits per heavy atom. The number of nitrogens with zero attached hydrogens (tertiary/aromatic N) is 4. The van der Waals surface area contributed by atoms with Gasteiger partial charge < -0.3 is 20.9 Å². The molecule has 2 aromatic rings. The maximum absolute atomic E-state index is 12.3. The lowest BCUT2D eigenvalue weighted by Crippen LogP contribution is -2.44. The molecule has 27 heavy (non-hydrogen) atoms. The summed E-state index contributed by atoms with van der Waals surface area (Å²) >= 11 is 0. The summed E-state index contributed by atoms with van der Waals surface area (Å²) < 4.78 is 0. The number of rotatable bonds is 6. The second-order valence-electron chi connectivity index (χ2n) is 6.95. The predicted octanol–water partition coefficient (Wildman–Crippen LogP) is 2.01. The Labute approximate surface area is 160 Å². The highest BCUT2D eigenvalue weighted by atomic mass is 16.1. The van der Waals surface area contributed by atoms with E-state index < -0.39 is 0 Å². The summed E-state index contributed by atoms with van der Waals surface area (Å²) in [6, 6.07) is 9.44. The maximum Gasteiger partial charge on any atom is 0.251 e. The number of likely N-dealkylation sites (N-methyl/N-ethyl adjacent to an activating group) is 1. The van der Waals surface area contributed by atoms with Crippen molar-refractivity contribution in [3.05, 3.63) is 35.9 Å². The number of benzene rings is 1. The molecule has 3 N–H and O–H groups in total. The third-order valence-electron chi connectivity index (χ3n) is 4.79. The van der Waals surface area contributed by atoms with Crippen LogP contribution < -0.4 is 16.0 Å². The third-order valence-corrected chi connectivity index (χ3v) is 4.79. The number of carbonyl (C=O) groups excluding carboxylic acids is 1. The Kier molecular flexibility index (Phi) is 6.24. The van der Waals surface area contributed by atoms with Gasteiger partial charge in [0.05, 0.1) is 5.69 Å². The first kappa shape index (κ1) is 19.1. The number of nitrogens with one attached hydrogen (secondary N) is 1. The standard InChI is InChI=1S/C20H28N6O/c1-3-4-8-22-19(27)16-7-5-6-15(13-16)17-14-18(24-20(21)23-17)26-11-9-25(2)10-12-26/h5-7,13-14H,3-4,8-12H2,1-2H3,(H,22,27)(H2,21,23,24). The molecule has 2 heterocycles. The number of aromatic nitrogens is 2. The molecule has 1 aliphatic heterocycles. The van der Waals surface area contributed by atoms with Gasteiger partial charge >= 0.3 is 0 Å². The van der Waals surface area contributed by atoms with Crippen LogP contribution >= 0.6 is 0 Å². The molecule has 0 unspecified atom stereocenters. The molecule has 0 bridgehead atoms. The summed E-state index contributed by atoms with van der Waals surface area (Å²) in [7, 11) is 2.12. The highest BCUT2D eigenvalue weighted by molar-refractivity contribution is 5.95. The Bertz CT molecular complexity index is 786. The largest absolute Gasteiger partial charge is 0.368 e. The van der Waals surface area contributed by atoms with E-state index in [0.717, 1.165) is 56.1 Å². The van der Waals surface area contributed by atoms with Crippen molar-refractivity contribution in [1.29, 1.82) is 0 Å². The minimum Gasteiger partial charge on any atom is -0.368 e. The zero-order chi connectivity index (χ0) is 19.2. The van der Waals surface area contributed by atoms with Crippen molar-refractivity contribution in [3.8, 4) is 11.3 Å². The van der Waals surface area contributed by atoms with E-state index in [1.807, 2.05) is 30.3 Å². The molecule has 7 heteroatoms. The van der Waals surface area contributed by atoms with Crippen LogP contribution in [0.4, 0.5) is 11.8 Å². The monoisotopic (exact) mass is 368 g/mol. The SMILES string of the molecule is CCCCNC(=O)c1cccc(-c2cc(N3CCN(C)CC3)nc(N)n2)c1. The van der Waals surface area contributed by atoms with Crippen LogP contribution in [0.3, 0.4) is 0 Å². The topological polar surface area (TPSA) is 87.4 Å². The highest BCUT2D eigenvalue weighted by Crippen LogP contribution is 2.24. The predicted molar refractivity (Wildman–Crippen MR) is 109 cm³/mol. The maximum atomic E-state index is 12.3. The molecule has 0 saturated carbocycles. The van der Waals surface area contributed by atoms with E-state index >= 15 is 0 Å². The van der Waals surface area contributed by atoms with Gasteiger partial charge in [-0.15, -0.1) is 0 Å². The summed E-state index contributed by atoms with van der Waals surface area (Å²) in [5.74, 6) is 1.02. The van der Waals surface area contributed by atoms with Crippen molar-refractivity contribution in [2.24, 2.45) is 0 Å². The molecule has 1 saturated heterocycles. The van der Waals surface area contributed by atoms with Gasteiger partial charge in [0, 0.05) is 49.9 Å². The highest BCUT2D eigenvalue weighted by Gasteiger charge is 2.17. The third kappa shape index (κ3) is 4.95. The van der Waals surface area contributed by atoms with E-state index in [2.05, 4.69) is 39.1 Å². The number of anilines is 2. The lowest BCUT2D eigenvalue weighted by atomic mass is 10.1. The van der Waals surface area contributed by atoms with E-state index in [9.17, 15) is 4.79 Å². The van der Waals surface area contributed by atoms with Crippen molar-refractivity contribution in [1.82, 2.24) is 20.2 Å².